The van der Waals surface area contributed by atoms with Gasteiger partial charge in [0.25, 0.3) is 0 Å². The third-order valence-corrected chi connectivity index (χ3v) is 6.78. The van der Waals surface area contributed by atoms with Gasteiger partial charge in [0.2, 0.25) is 5.43 Å². The van der Waals surface area contributed by atoms with Crippen molar-refractivity contribution in [3.63, 3.8) is 0 Å². The van der Waals surface area contributed by atoms with Crippen molar-refractivity contribution in [1.29, 1.82) is 0 Å². The highest BCUT2D eigenvalue weighted by atomic mass is 16.5. The molecule has 2 aromatic carbocycles. The number of ether oxygens (including phenoxy) is 1. The van der Waals surface area contributed by atoms with Gasteiger partial charge in [-0.05, 0) is 24.5 Å². The Bertz CT molecular complexity index is 1300. The summed E-state index contributed by atoms with van der Waals surface area (Å²) in [5, 5.41) is 10.5. The van der Waals surface area contributed by atoms with Gasteiger partial charge < -0.3 is 19.0 Å². The van der Waals surface area contributed by atoms with Gasteiger partial charge >= 0.3 is 0 Å². The molecule has 4 aromatic rings. The summed E-state index contributed by atoms with van der Waals surface area (Å²) >= 11 is 0. The van der Waals surface area contributed by atoms with Gasteiger partial charge in [0, 0.05) is 24.7 Å². The molecule has 3 heterocycles. The summed E-state index contributed by atoms with van der Waals surface area (Å²) in [6.07, 6.45) is 4.73. The van der Waals surface area contributed by atoms with Crippen LogP contribution in [0.4, 0.5) is 0 Å². The first-order valence-corrected chi connectivity index (χ1v) is 12.3. The second-order valence-corrected chi connectivity index (χ2v) is 9.13. The van der Waals surface area contributed by atoms with Crippen molar-refractivity contribution in [1.82, 2.24) is 14.1 Å². The largest absolute Gasteiger partial charge is 0.487 e. The Morgan fingerprint density at radius 3 is 2.31 bits per heavy atom. The third-order valence-electron chi connectivity index (χ3n) is 6.78. The van der Waals surface area contributed by atoms with Gasteiger partial charge in [0.1, 0.15) is 5.69 Å². The fourth-order valence-electron chi connectivity index (χ4n) is 5.09. The maximum absolute atomic E-state index is 13.0. The number of hydrogen-bond donors (Lipinski definition) is 1. The summed E-state index contributed by atoms with van der Waals surface area (Å²) in [5.74, 6) is 0.996. The average Bonchev–Trinajstić information content (AvgIpc) is 3.31. The lowest BCUT2D eigenvalue weighted by molar-refractivity contribution is 0.186. The molecule has 2 aromatic heterocycles. The van der Waals surface area contributed by atoms with Crippen LogP contribution in [0.3, 0.4) is 0 Å². The number of aliphatic hydroxyl groups excluding tert-OH is 1. The maximum Gasteiger partial charge on any atom is 0.224 e. The van der Waals surface area contributed by atoms with Crippen molar-refractivity contribution in [2.75, 3.05) is 6.61 Å². The highest BCUT2D eigenvalue weighted by Gasteiger charge is 2.36. The first-order valence-electron chi connectivity index (χ1n) is 12.3. The molecule has 0 fully saturated rings. The smallest absolute Gasteiger partial charge is 0.224 e. The first kappa shape index (κ1) is 23.1. The van der Waals surface area contributed by atoms with Crippen LogP contribution in [0.1, 0.15) is 61.6 Å². The molecule has 0 saturated heterocycles. The standard InChI is InChI=1S/C29H31N3O3/c1-3-4-17-35-28-25(34)15-16-31-24(19-32-23(20(2)33)18-30-29(32)27(28)31)26(21-11-7-5-8-12-21)22-13-9-6-10-14-22/h5-16,18,20,24,26,33H,3-4,17,19H2,1-2H3/t20?,24-/m1/s1. The monoisotopic (exact) mass is 469 g/mol. The normalized spacial score (nSPS) is 15.5. The summed E-state index contributed by atoms with van der Waals surface area (Å²) in [6.45, 7) is 4.92. The van der Waals surface area contributed by atoms with Crippen molar-refractivity contribution in [3.8, 4) is 17.3 Å². The lowest BCUT2D eigenvalue weighted by Crippen LogP contribution is -2.32. The van der Waals surface area contributed by atoms with E-state index in [0.717, 1.165) is 18.5 Å². The summed E-state index contributed by atoms with van der Waals surface area (Å²) in [6, 6.07) is 22.4. The van der Waals surface area contributed by atoms with E-state index < -0.39 is 6.10 Å². The number of unbranched alkanes of at least 4 members (excludes halogenated alkanes) is 1. The van der Waals surface area contributed by atoms with Crippen LogP contribution >= 0.6 is 0 Å². The van der Waals surface area contributed by atoms with Gasteiger partial charge in [-0.1, -0.05) is 74.0 Å². The zero-order chi connectivity index (χ0) is 24.4. The van der Waals surface area contributed by atoms with Crippen molar-refractivity contribution in [2.24, 2.45) is 0 Å². The van der Waals surface area contributed by atoms with Crippen LogP contribution in [-0.4, -0.2) is 25.8 Å². The van der Waals surface area contributed by atoms with Gasteiger partial charge in [-0.25, -0.2) is 4.98 Å². The molecule has 0 radical (unpaired) electrons. The van der Waals surface area contributed by atoms with Crippen LogP contribution in [0.5, 0.6) is 5.75 Å². The van der Waals surface area contributed by atoms with Crippen molar-refractivity contribution in [3.05, 3.63) is 106 Å². The predicted molar refractivity (Wildman–Crippen MR) is 137 cm³/mol. The number of rotatable bonds is 8. The second kappa shape index (κ2) is 9.92. The Labute approximate surface area is 205 Å². The van der Waals surface area contributed by atoms with E-state index in [9.17, 15) is 9.90 Å². The van der Waals surface area contributed by atoms with E-state index in [4.69, 9.17) is 4.74 Å². The number of nitrogens with zero attached hydrogens (tertiary/aromatic N) is 3. The highest BCUT2D eigenvalue weighted by molar-refractivity contribution is 5.63. The van der Waals surface area contributed by atoms with Crippen molar-refractivity contribution in [2.45, 2.75) is 51.3 Å². The number of benzene rings is 2. The Hall–Kier alpha value is -3.64. The third kappa shape index (κ3) is 4.30. The highest BCUT2D eigenvalue weighted by Crippen LogP contribution is 2.44. The molecule has 35 heavy (non-hydrogen) atoms. The number of pyridine rings is 1. The first-order chi connectivity index (χ1) is 17.1. The fraction of sp³-hybridized carbons (Fsp3) is 0.310. The van der Waals surface area contributed by atoms with Gasteiger partial charge in [-0.15, -0.1) is 0 Å². The van der Waals surface area contributed by atoms with E-state index >= 15 is 0 Å². The molecule has 2 atom stereocenters. The van der Waals surface area contributed by atoms with Crippen LogP contribution in [0.15, 0.2) is 83.9 Å². The van der Waals surface area contributed by atoms with E-state index in [0.29, 0.717) is 30.4 Å². The van der Waals surface area contributed by atoms with Crippen LogP contribution in [-0.2, 0) is 6.54 Å². The van der Waals surface area contributed by atoms with Crippen LogP contribution < -0.4 is 10.2 Å². The number of aliphatic hydroxyl groups is 1. The molecule has 5 rings (SSSR count). The molecule has 6 heteroatoms. The van der Waals surface area contributed by atoms with Crippen molar-refractivity contribution < 1.29 is 9.84 Å². The molecule has 1 unspecified atom stereocenters. The maximum atomic E-state index is 13.0. The molecule has 1 aliphatic heterocycles. The van der Waals surface area contributed by atoms with Crippen molar-refractivity contribution >= 4 is 0 Å². The Morgan fingerprint density at radius 2 is 1.71 bits per heavy atom. The molecule has 0 spiro atoms. The van der Waals surface area contributed by atoms with Gasteiger partial charge in [-0.2, -0.15) is 0 Å². The van der Waals surface area contributed by atoms with Crippen LogP contribution in [0.25, 0.3) is 11.5 Å². The molecule has 0 saturated carbocycles. The molecular weight excluding hydrogens is 438 g/mol. The summed E-state index contributed by atoms with van der Waals surface area (Å²) < 4.78 is 10.3. The van der Waals surface area contributed by atoms with Gasteiger partial charge in [0.05, 0.1) is 30.6 Å². The molecule has 1 aliphatic rings. The van der Waals surface area contributed by atoms with Crippen LogP contribution in [0.2, 0.25) is 0 Å². The second-order valence-electron chi connectivity index (χ2n) is 9.13. The lowest BCUT2D eigenvalue weighted by Gasteiger charge is -2.37. The quantitative estimate of drug-likeness (QED) is 0.354. The Morgan fingerprint density at radius 1 is 1.06 bits per heavy atom. The SMILES string of the molecule is CCCCOc1c2n(ccc1=O)[C@@H](C(c1ccccc1)c1ccccc1)Cn1c(C(C)O)cnc1-2. The fourth-order valence-corrected chi connectivity index (χ4v) is 5.09. The lowest BCUT2D eigenvalue weighted by atomic mass is 9.83. The molecule has 0 bridgehead atoms. The summed E-state index contributed by atoms with van der Waals surface area (Å²) in [7, 11) is 0. The molecular formula is C29H31N3O3. The molecule has 0 aliphatic carbocycles. The minimum atomic E-state index is -0.685. The average molecular weight is 470 g/mol. The van der Waals surface area contributed by atoms with Crippen LogP contribution in [0, 0.1) is 0 Å². The Kier molecular flexibility index (Phi) is 6.55. The summed E-state index contributed by atoms with van der Waals surface area (Å²) in [5.41, 5.74) is 3.62. The predicted octanol–water partition coefficient (Wildman–Crippen LogP) is 5.33. The Balaban J connectivity index is 1.74. The van der Waals surface area contributed by atoms with Gasteiger partial charge in [0.15, 0.2) is 11.6 Å². The van der Waals surface area contributed by atoms with E-state index in [1.807, 2.05) is 18.3 Å². The summed E-state index contributed by atoms with van der Waals surface area (Å²) in [4.78, 5) is 17.7. The van der Waals surface area contributed by atoms with E-state index in [1.165, 1.54) is 11.1 Å². The number of imidazole rings is 1. The zero-order valence-corrected chi connectivity index (χ0v) is 20.2. The zero-order valence-electron chi connectivity index (χ0n) is 20.2. The van der Waals surface area contributed by atoms with E-state index in [1.54, 1.807) is 19.2 Å². The molecule has 6 nitrogen and oxygen atoms in total. The van der Waals surface area contributed by atoms with E-state index in [2.05, 4.69) is 69.6 Å². The topological polar surface area (TPSA) is 69.3 Å². The van der Waals surface area contributed by atoms with Gasteiger partial charge in [-0.3, -0.25) is 4.79 Å². The number of aromatic nitrogens is 3. The van der Waals surface area contributed by atoms with E-state index in [-0.39, 0.29) is 17.4 Å². The minimum Gasteiger partial charge on any atom is -0.487 e. The molecule has 180 valence electrons. The minimum absolute atomic E-state index is 0.0135. The molecule has 0 amide bonds. The number of hydrogen-bond acceptors (Lipinski definition) is 4. The molecule has 1 N–H and O–H groups in total. The number of fused-ring (bicyclic) bond motifs is 3.